The number of hydrogen-bond acceptors (Lipinski definition) is 4. The molecule has 0 aliphatic heterocycles. The zero-order chi connectivity index (χ0) is 22.0. The van der Waals surface area contributed by atoms with Crippen LogP contribution in [0.15, 0.2) is 12.3 Å². The smallest absolute Gasteiger partial charge is 0.201 e. The van der Waals surface area contributed by atoms with Crippen molar-refractivity contribution >= 4 is 28.5 Å². The summed E-state index contributed by atoms with van der Waals surface area (Å²) < 4.78 is 0. The molecule has 0 saturated heterocycles. The van der Waals surface area contributed by atoms with Gasteiger partial charge in [-0.2, -0.15) is 9.90 Å². The summed E-state index contributed by atoms with van der Waals surface area (Å²) >= 11 is 6.03. The van der Waals surface area contributed by atoms with Crippen LogP contribution < -0.4 is 0 Å². The molecule has 32 heavy (non-hydrogen) atoms. The van der Waals surface area contributed by atoms with Gasteiger partial charge in [-0.3, -0.25) is 4.79 Å². The SMILES string of the molecule is CC1CCC2C(CCC3C2CCC2(C)C(C(=O)Cn4nc5cc(Cl)cnc5n4)CCC32)C1. The van der Waals surface area contributed by atoms with E-state index >= 15 is 0 Å². The average molecular weight is 455 g/mol. The fraction of sp³-hybridized carbons (Fsp3) is 0.769. The van der Waals surface area contributed by atoms with Crippen LogP contribution in [0.4, 0.5) is 0 Å². The minimum absolute atomic E-state index is 0.142. The lowest BCUT2D eigenvalue weighted by Crippen LogP contribution is -2.49. The van der Waals surface area contributed by atoms with Crippen LogP contribution in [0.3, 0.4) is 0 Å². The van der Waals surface area contributed by atoms with Gasteiger partial charge in [0.25, 0.3) is 0 Å². The van der Waals surface area contributed by atoms with Crippen molar-refractivity contribution in [1.29, 1.82) is 0 Å². The maximum atomic E-state index is 13.5. The van der Waals surface area contributed by atoms with Gasteiger partial charge in [0.1, 0.15) is 12.1 Å². The van der Waals surface area contributed by atoms with E-state index in [0.717, 1.165) is 41.9 Å². The zero-order valence-corrected chi connectivity index (χ0v) is 20.1. The summed E-state index contributed by atoms with van der Waals surface area (Å²) in [5, 5.41) is 9.43. The molecule has 0 N–H and O–H groups in total. The van der Waals surface area contributed by atoms with E-state index in [2.05, 4.69) is 29.0 Å². The Morgan fingerprint density at radius 2 is 1.94 bits per heavy atom. The van der Waals surface area contributed by atoms with E-state index < -0.39 is 0 Å². The van der Waals surface area contributed by atoms with Crippen LogP contribution in [-0.4, -0.2) is 25.8 Å². The highest BCUT2D eigenvalue weighted by molar-refractivity contribution is 6.30. The number of carbonyl (C=O) groups is 1. The van der Waals surface area contributed by atoms with E-state index in [-0.39, 0.29) is 17.9 Å². The van der Waals surface area contributed by atoms with Crippen LogP contribution in [0, 0.1) is 46.8 Å². The third-order valence-corrected chi connectivity index (χ3v) is 10.4. The summed E-state index contributed by atoms with van der Waals surface area (Å²) in [5.74, 6) is 5.80. The zero-order valence-electron chi connectivity index (χ0n) is 19.3. The molecular formula is C26H35ClN4O. The largest absolute Gasteiger partial charge is 0.297 e. The van der Waals surface area contributed by atoms with Gasteiger partial charge in [0.05, 0.1) is 5.02 Å². The van der Waals surface area contributed by atoms with Crippen molar-refractivity contribution in [1.82, 2.24) is 20.0 Å². The summed E-state index contributed by atoms with van der Waals surface area (Å²) in [6.07, 6.45) is 13.6. The molecule has 6 rings (SSSR count). The Morgan fingerprint density at radius 3 is 2.81 bits per heavy atom. The summed E-state index contributed by atoms with van der Waals surface area (Å²) in [6, 6.07) is 1.76. The predicted molar refractivity (Wildman–Crippen MR) is 125 cm³/mol. The molecule has 4 aliphatic rings. The normalized spacial score (nSPS) is 41.2. The molecule has 2 aromatic heterocycles. The summed E-state index contributed by atoms with van der Waals surface area (Å²) in [7, 11) is 0. The summed E-state index contributed by atoms with van der Waals surface area (Å²) in [5.41, 5.74) is 1.36. The van der Waals surface area contributed by atoms with E-state index in [1.54, 1.807) is 12.3 Å². The number of Topliss-reactive ketones (excluding diaryl/α,β-unsaturated/α-hetero) is 1. The number of ketones is 1. The fourth-order valence-corrected chi connectivity index (χ4v) is 8.92. The first kappa shape index (κ1) is 21.1. The second-order valence-corrected chi connectivity index (χ2v) is 12.2. The molecule has 0 radical (unpaired) electrons. The van der Waals surface area contributed by atoms with Crippen molar-refractivity contribution in [3.63, 3.8) is 0 Å². The topological polar surface area (TPSA) is 60.7 Å². The highest BCUT2D eigenvalue weighted by Crippen LogP contribution is 2.64. The van der Waals surface area contributed by atoms with E-state index in [1.165, 1.54) is 56.2 Å². The summed E-state index contributed by atoms with van der Waals surface area (Å²) in [4.78, 5) is 19.3. The Balaban J connectivity index is 1.19. The third kappa shape index (κ3) is 3.33. The van der Waals surface area contributed by atoms with E-state index in [1.807, 2.05) is 0 Å². The number of pyridine rings is 1. The number of aromatic nitrogens is 4. The van der Waals surface area contributed by atoms with Gasteiger partial charge < -0.3 is 0 Å². The number of nitrogens with zero attached hydrogens (tertiary/aromatic N) is 4. The van der Waals surface area contributed by atoms with Gasteiger partial charge in [0.2, 0.25) is 5.65 Å². The highest BCUT2D eigenvalue weighted by Gasteiger charge is 2.58. The number of carbonyl (C=O) groups excluding carboxylic acids is 1. The maximum Gasteiger partial charge on any atom is 0.201 e. The molecule has 4 aliphatic carbocycles. The minimum atomic E-state index is 0.142. The molecule has 4 saturated carbocycles. The molecule has 0 amide bonds. The van der Waals surface area contributed by atoms with Gasteiger partial charge in [-0.15, -0.1) is 5.10 Å². The quantitative estimate of drug-likeness (QED) is 0.574. The van der Waals surface area contributed by atoms with E-state index in [4.69, 9.17) is 11.6 Å². The van der Waals surface area contributed by atoms with Crippen molar-refractivity contribution in [2.24, 2.45) is 46.8 Å². The molecule has 0 aromatic carbocycles. The molecule has 4 fully saturated rings. The van der Waals surface area contributed by atoms with Crippen molar-refractivity contribution in [2.45, 2.75) is 78.2 Å². The Kier molecular flexibility index (Phi) is 5.13. The first-order valence-electron chi connectivity index (χ1n) is 12.8. The fourth-order valence-electron chi connectivity index (χ4n) is 8.77. The van der Waals surface area contributed by atoms with Crippen LogP contribution in [0.5, 0.6) is 0 Å². The number of rotatable bonds is 3. The molecule has 172 valence electrons. The highest BCUT2D eigenvalue weighted by atomic mass is 35.5. The molecular weight excluding hydrogens is 420 g/mol. The Hall–Kier alpha value is -1.49. The van der Waals surface area contributed by atoms with Crippen LogP contribution in [0.1, 0.15) is 71.6 Å². The van der Waals surface area contributed by atoms with Gasteiger partial charge >= 0.3 is 0 Å². The van der Waals surface area contributed by atoms with Gasteiger partial charge in [-0.25, -0.2) is 4.98 Å². The Bertz CT molecular complexity index is 1040. The van der Waals surface area contributed by atoms with Crippen LogP contribution in [0.2, 0.25) is 5.02 Å². The van der Waals surface area contributed by atoms with Crippen molar-refractivity contribution in [2.75, 3.05) is 0 Å². The van der Waals surface area contributed by atoms with Crippen LogP contribution >= 0.6 is 11.6 Å². The van der Waals surface area contributed by atoms with Crippen molar-refractivity contribution < 1.29 is 4.79 Å². The number of halogens is 1. The number of hydrogen-bond donors (Lipinski definition) is 0. The first-order chi connectivity index (χ1) is 15.4. The molecule has 0 bridgehead atoms. The van der Waals surface area contributed by atoms with Gasteiger partial charge in [0, 0.05) is 12.1 Å². The average Bonchev–Trinajstić information content (AvgIpc) is 3.32. The van der Waals surface area contributed by atoms with E-state index in [0.29, 0.717) is 22.0 Å². The minimum Gasteiger partial charge on any atom is -0.297 e. The second-order valence-electron chi connectivity index (χ2n) is 11.7. The molecule has 8 unspecified atom stereocenters. The summed E-state index contributed by atoms with van der Waals surface area (Å²) in [6.45, 7) is 5.14. The van der Waals surface area contributed by atoms with Crippen molar-refractivity contribution in [3.8, 4) is 0 Å². The molecule has 5 nitrogen and oxygen atoms in total. The second kappa shape index (κ2) is 7.78. The Morgan fingerprint density at radius 1 is 1.09 bits per heavy atom. The van der Waals surface area contributed by atoms with Crippen molar-refractivity contribution in [3.05, 3.63) is 17.3 Å². The standard InChI is InChI=1S/C26H35ClN4O/c1-15-3-5-18-16(11-15)4-6-20-19(18)9-10-26(2)21(20)7-8-22(26)24(32)14-31-29-23-12-17(27)13-28-25(23)30-31/h12-13,15-16,18-22H,3-11,14H2,1-2H3. The van der Waals surface area contributed by atoms with Gasteiger partial charge in [-0.1, -0.05) is 31.9 Å². The number of fused-ring (bicyclic) bond motifs is 6. The molecule has 2 aromatic rings. The lowest BCUT2D eigenvalue weighted by atomic mass is 9.49. The maximum absolute atomic E-state index is 13.5. The predicted octanol–water partition coefficient (Wildman–Crippen LogP) is 5.95. The van der Waals surface area contributed by atoms with E-state index in [9.17, 15) is 4.79 Å². The van der Waals surface area contributed by atoms with Crippen LogP contribution in [-0.2, 0) is 11.3 Å². The molecule has 2 heterocycles. The molecule has 8 atom stereocenters. The molecule has 0 spiro atoms. The Labute approximate surface area is 195 Å². The van der Waals surface area contributed by atoms with Gasteiger partial charge in [0.15, 0.2) is 5.78 Å². The van der Waals surface area contributed by atoms with Gasteiger partial charge in [-0.05, 0) is 98.4 Å². The van der Waals surface area contributed by atoms with Crippen LogP contribution in [0.25, 0.3) is 11.2 Å². The molecule has 6 heteroatoms. The third-order valence-electron chi connectivity index (χ3n) is 10.1. The lowest BCUT2D eigenvalue weighted by Gasteiger charge is -2.56. The monoisotopic (exact) mass is 454 g/mol. The first-order valence-corrected chi connectivity index (χ1v) is 13.2. The lowest BCUT2D eigenvalue weighted by molar-refractivity contribution is -0.131.